The molecule has 7 aromatic carbocycles. The fourth-order valence-electron chi connectivity index (χ4n) is 6.95. The van der Waals surface area contributed by atoms with Crippen molar-refractivity contribution in [1.29, 1.82) is 0 Å². The number of hydrogen-bond acceptors (Lipinski definition) is 4. The number of benzene rings is 7. The number of hydrogen-bond donors (Lipinski definition) is 0. The van der Waals surface area contributed by atoms with Gasteiger partial charge in [0, 0.05) is 27.5 Å². The van der Waals surface area contributed by atoms with Crippen LogP contribution >= 0.6 is 0 Å². The minimum atomic E-state index is 0.611. The number of allylic oxidation sites excluding steroid dienone is 1. The van der Waals surface area contributed by atoms with Crippen LogP contribution in [0.1, 0.15) is 16.7 Å². The zero-order valence-corrected chi connectivity index (χ0v) is 27.3. The van der Waals surface area contributed by atoms with E-state index in [9.17, 15) is 0 Å². The lowest BCUT2D eigenvalue weighted by Crippen LogP contribution is -2.02. The van der Waals surface area contributed by atoms with Crippen LogP contribution in [0.2, 0.25) is 0 Å². The van der Waals surface area contributed by atoms with Crippen molar-refractivity contribution in [3.05, 3.63) is 175 Å². The fourth-order valence-corrected chi connectivity index (χ4v) is 6.95. The lowest BCUT2D eigenvalue weighted by Gasteiger charge is -2.13. The third-order valence-corrected chi connectivity index (χ3v) is 9.37. The minimum absolute atomic E-state index is 0.611. The lowest BCUT2D eigenvalue weighted by molar-refractivity contribution is 0.669. The van der Waals surface area contributed by atoms with Gasteiger partial charge in [0.1, 0.15) is 11.2 Å². The number of nitrogens with zero attached hydrogens (tertiary/aromatic N) is 3. The quantitative estimate of drug-likeness (QED) is 0.174. The predicted octanol–water partition coefficient (Wildman–Crippen LogP) is 12.0. The number of furan rings is 1. The molecular weight excluding hydrogens is 611 g/mol. The Hall–Kier alpha value is -6.65. The Morgan fingerprint density at radius 3 is 2.06 bits per heavy atom. The van der Waals surface area contributed by atoms with Gasteiger partial charge in [0.2, 0.25) is 0 Å². The average Bonchev–Trinajstić information content (AvgIpc) is 3.56. The molecule has 0 aliphatic rings. The topological polar surface area (TPSA) is 51.8 Å². The summed E-state index contributed by atoms with van der Waals surface area (Å²) in [5.74, 6) is 1.86. The lowest BCUT2D eigenvalue weighted by atomic mass is 9.96. The smallest absolute Gasteiger partial charge is 0.165 e. The van der Waals surface area contributed by atoms with Crippen molar-refractivity contribution in [2.24, 2.45) is 0 Å². The first-order chi connectivity index (χ1) is 24.7. The highest BCUT2D eigenvalue weighted by molar-refractivity contribution is 6.12. The normalized spacial score (nSPS) is 11.7. The summed E-state index contributed by atoms with van der Waals surface area (Å²) >= 11 is 0. The first-order valence-electron chi connectivity index (χ1n) is 16.8. The van der Waals surface area contributed by atoms with E-state index in [1.165, 1.54) is 16.2 Å². The molecule has 9 rings (SSSR count). The molecule has 0 amide bonds. The van der Waals surface area contributed by atoms with Crippen molar-refractivity contribution < 1.29 is 4.42 Å². The van der Waals surface area contributed by atoms with Crippen molar-refractivity contribution in [2.75, 3.05) is 0 Å². The van der Waals surface area contributed by atoms with Crippen LogP contribution < -0.4 is 0 Å². The maximum Gasteiger partial charge on any atom is 0.165 e. The Labute approximate surface area is 289 Å². The summed E-state index contributed by atoms with van der Waals surface area (Å²) in [6.45, 7) is 4.14. The van der Waals surface area contributed by atoms with E-state index in [1.54, 1.807) is 0 Å². The van der Waals surface area contributed by atoms with E-state index in [-0.39, 0.29) is 0 Å². The van der Waals surface area contributed by atoms with Gasteiger partial charge in [-0.05, 0) is 62.9 Å². The van der Waals surface area contributed by atoms with Gasteiger partial charge >= 0.3 is 0 Å². The summed E-state index contributed by atoms with van der Waals surface area (Å²) in [5, 5.41) is 6.72. The third-order valence-electron chi connectivity index (χ3n) is 9.37. The van der Waals surface area contributed by atoms with Crippen molar-refractivity contribution in [2.45, 2.75) is 6.42 Å². The maximum atomic E-state index is 6.39. The first kappa shape index (κ1) is 29.5. The van der Waals surface area contributed by atoms with Gasteiger partial charge in [-0.3, -0.25) is 0 Å². The van der Waals surface area contributed by atoms with Crippen LogP contribution in [0.25, 0.3) is 89.8 Å². The van der Waals surface area contributed by atoms with Gasteiger partial charge in [0.05, 0.1) is 0 Å². The molecule has 2 aromatic heterocycles. The average molecular weight is 642 g/mol. The summed E-state index contributed by atoms with van der Waals surface area (Å²) in [5.41, 5.74) is 7.78. The second kappa shape index (κ2) is 12.4. The summed E-state index contributed by atoms with van der Waals surface area (Å²) in [4.78, 5) is 15.5. The molecular formula is C46H31N3O. The molecule has 0 saturated carbocycles. The van der Waals surface area contributed by atoms with Crippen molar-refractivity contribution in [3.63, 3.8) is 0 Å². The monoisotopic (exact) mass is 641 g/mol. The second-order valence-electron chi connectivity index (χ2n) is 12.4. The van der Waals surface area contributed by atoms with E-state index < -0.39 is 0 Å². The van der Waals surface area contributed by atoms with Crippen LogP contribution in [-0.2, 0) is 6.42 Å². The Kier molecular flexibility index (Phi) is 7.33. The fraction of sp³-hybridized carbons (Fsp3) is 0.0217. The molecule has 0 aliphatic carbocycles. The van der Waals surface area contributed by atoms with Gasteiger partial charge in [-0.15, -0.1) is 0 Å². The number of fused-ring (bicyclic) bond motifs is 5. The molecule has 0 N–H and O–H groups in total. The van der Waals surface area contributed by atoms with Gasteiger partial charge in [0.15, 0.2) is 17.5 Å². The SMILES string of the molecule is C=Cc1c(/C=C\Cc2ccc3oc4ccccc4c3c2-c2nc(-c3ccccc3)nc(-c3ccc4ccccc4c3)n2)ccc2ccccc12. The largest absolute Gasteiger partial charge is 0.456 e. The minimum Gasteiger partial charge on any atom is -0.456 e. The second-order valence-corrected chi connectivity index (χ2v) is 12.4. The van der Waals surface area contributed by atoms with E-state index in [2.05, 4.69) is 116 Å². The molecule has 0 fully saturated rings. The molecule has 0 bridgehead atoms. The molecule has 9 aromatic rings. The molecule has 0 saturated heterocycles. The van der Waals surface area contributed by atoms with Gasteiger partial charge < -0.3 is 4.42 Å². The maximum absolute atomic E-state index is 6.39. The Balaban J connectivity index is 1.25. The van der Waals surface area contributed by atoms with Crippen LogP contribution in [0.15, 0.2) is 163 Å². The Morgan fingerprint density at radius 1 is 0.540 bits per heavy atom. The van der Waals surface area contributed by atoms with Crippen molar-refractivity contribution >= 4 is 55.6 Å². The number of aromatic nitrogens is 3. The van der Waals surface area contributed by atoms with Crippen LogP contribution in [0.4, 0.5) is 0 Å². The molecule has 50 heavy (non-hydrogen) atoms. The van der Waals surface area contributed by atoms with Gasteiger partial charge in [-0.2, -0.15) is 0 Å². The van der Waals surface area contributed by atoms with E-state index in [0.29, 0.717) is 23.9 Å². The molecule has 2 heterocycles. The predicted molar refractivity (Wildman–Crippen MR) is 208 cm³/mol. The Bertz CT molecular complexity index is 2760. The molecule has 4 nitrogen and oxygen atoms in total. The highest BCUT2D eigenvalue weighted by Crippen LogP contribution is 2.39. The zero-order valence-electron chi connectivity index (χ0n) is 27.3. The molecule has 0 unspecified atom stereocenters. The van der Waals surface area contributed by atoms with Crippen LogP contribution in [0.5, 0.6) is 0 Å². The molecule has 4 heteroatoms. The van der Waals surface area contributed by atoms with Crippen LogP contribution in [0.3, 0.4) is 0 Å². The molecule has 0 spiro atoms. The van der Waals surface area contributed by atoms with Crippen molar-refractivity contribution in [1.82, 2.24) is 15.0 Å². The van der Waals surface area contributed by atoms with Crippen molar-refractivity contribution in [3.8, 4) is 34.2 Å². The molecule has 236 valence electrons. The standard InChI is InChI=1S/C46H31N3O/c1-2-37-31(24-25-32-14-8-9-20-38(32)37)18-12-19-33-27-28-41-43(39-21-10-11-22-40(39)50-41)42(33)46-48-44(34-15-4-3-5-16-34)47-45(49-46)36-26-23-30-13-6-7-17-35(30)29-36/h2-18,20-29H,1,19H2/b18-12-. The molecule has 0 aliphatic heterocycles. The highest BCUT2D eigenvalue weighted by Gasteiger charge is 2.21. The first-order valence-corrected chi connectivity index (χ1v) is 16.8. The van der Waals surface area contributed by atoms with E-state index >= 15 is 0 Å². The van der Waals surface area contributed by atoms with Crippen LogP contribution in [0, 0.1) is 0 Å². The van der Waals surface area contributed by atoms with E-state index in [1.807, 2.05) is 54.6 Å². The summed E-state index contributed by atoms with van der Waals surface area (Å²) in [6.07, 6.45) is 7.01. The summed E-state index contributed by atoms with van der Waals surface area (Å²) in [7, 11) is 0. The highest BCUT2D eigenvalue weighted by atomic mass is 16.3. The van der Waals surface area contributed by atoms with Crippen LogP contribution in [-0.4, -0.2) is 15.0 Å². The van der Waals surface area contributed by atoms with E-state index in [4.69, 9.17) is 19.4 Å². The Morgan fingerprint density at radius 2 is 1.22 bits per heavy atom. The van der Waals surface area contributed by atoms with Gasteiger partial charge in [-0.25, -0.2) is 15.0 Å². The van der Waals surface area contributed by atoms with E-state index in [0.717, 1.165) is 60.7 Å². The summed E-state index contributed by atoms with van der Waals surface area (Å²) in [6, 6.07) is 50.0. The molecule has 0 atom stereocenters. The zero-order chi connectivity index (χ0) is 33.4. The number of para-hydroxylation sites is 1. The third kappa shape index (κ3) is 5.24. The summed E-state index contributed by atoms with van der Waals surface area (Å²) < 4.78 is 6.39. The molecule has 0 radical (unpaired) electrons. The number of rotatable bonds is 7. The van der Waals surface area contributed by atoms with Gasteiger partial charge in [-0.1, -0.05) is 152 Å². The van der Waals surface area contributed by atoms with Gasteiger partial charge in [0.25, 0.3) is 0 Å².